The summed E-state index contributed by atoms with van der Waals surface area (Å²) in [5, 5.41) is 20.1. The summed E-state index contributed by atoms with van der Waals surface area (Å²) in [6, 6.07) is 4.61. The number of phenolic OH excluding ortho intramolecular Hbond substituents is 2. The van der Waals surface area contributed by atoms with Crippen LogP contribution in [0.4, 0.5) is 0 Å². The van der Waals surface area contributed by atoms with Crippen LogP contribution in [-0.2, 0) is 9.84 Å². The fourth-order valence-corrected chi connectivity index (χ4v) is 4.43. The molecule has 0 aliphatic carbocycles. The number of aryl methyl sites for hydroxylation is 4. The van der Waals surface area contributed by atoms with E-state index in [-0.39, 0.29) is 21.3 Å². The minimum Gasteiger partial charge on any atom is -0.507 e. The molecular weight excluding hydrogens is 300 g/mol. The summed E-state index contributed by atoms with van der Waals surface area (Å²) in [5.41, 5.74) is 2.83. The second-order valence-electron chi connectivity index (χ2n) is 5.72. The molecule has 0 fully saturated rings. The van der Waals surface area contributed by atoms with Crippen molar-refractivity contribution in [3.8, 4) is 11.5 Å². The number of benzene rings is 2. The molecule has 0 unspecified atom stereocenters. The minimum atomic E-state index is -3.87. The second-order valence-corrected chi connectivity index (χ2v) is 7.61. The molecule has 2 aromatic carbocycles. The van der Waals surface area contributed by atoms with Gasteiger partial charge in [-0.3, -0.25) is 0 Å². The predicted octanol–water partition coefficient (Wildman–Crippen LogP) is 3.47. The molecule has 118 valence electrons. The summed E-state index contributed by atoms with van der Waals surface area (Å²) in [6.07, 6.45) is 0. The van der Waals surface area contributed by atoms with E-state index in [9.17, 15) is 18.6 Å². The molecule has 0 bridgehead atoms. The van der Waals surface area contributed by atoms with Gasteiger partial charge in [0.2, 0.25) is 9.84 Å². The standard InChI is InChI=1S/C17H20O4S/c1-9-6-10(2)16(19)17(13(9)5)22(20,21)14-7-11(3)15(18)12(4)8-14/h6-8,18-19H,1-5H3. The average Bonchev–Trinajstić information content (AvgIpc) is 2.42. The summed E-state index contributed by atoms with van der Waals surface area (Å²) in [6.45, 7) is 8.47. The van der Waals surface area contributed by atoms with Crippen LogP contribution in [-0.4, -0.2) is 18.6 Å². The van der Waals surface area contributed by atoms with E-state index >= 15 is 0 Å². The van der Waals surface area contributed by atoms with Crippen LogP contribution < -0.4 is 0 Å². The van der Waals surface area contributed by atoms with Crippen LogP contribution in [0.1, 0.15) is 27.8 Å². The highest BCUT2D eigenvalue weighted by molar-refractivity contribution is 7.91. The lowest BCUT2D eigenvalue weighted by Crippen LogP contribution is -2.07. The van der Waals surface area contributed by atoms with E-state index in [0.29, 0.717) is 22.3 Å². The lowest BCUT2D eigenvalue weighted by molar-refractivity contribution is 0.453. The van der Waals surface area contributed by atoms with Crippen molar-refractivity contribution >= 4 is 9.84 Å². The highest BCUT2D eigenvalue weighted by Crippen LogP contribution is 2.37. The van der Waals surface area contributed by atoms with Crippen molar-refractivity contribution in [2.75, 3.05) is 0 Å². The molecular formula is C17H20O4S. The lowest BCUT2D eigenvalue weighted by atomic mass is 10.1. The molecule has 22 heavy (non-hydrogen) atoms. The van der Waals surface area contributed by atoms with Crippen LogP contribution in [0.5, 0.6) is 11.5 Å². The Morgan fingerprint density at radius 3 is 1.68 bits per heavy atom. The average molecular weight is 320 g/mol. The maximum Gasteiger partial charge on any atom is 0.210 e. The molecule has 0 aliphatic heterocycles. The smallest absolute Gasteiger partial charge is 0.210 e. The van der Waals surface area contributed by atoms with Crippen molar-refractivity contribution < 1.29 is 18.6 Å². The van der Waals surface area contributed by atoms with Crippen LogP contribution in [0.3, 0.4) is 0 Å². The Morgan fingerprint density at radius 1 is 0.727 bits per heavy atom. The Kier molecular flexibility index (Phi) is 3.96. The van der Waals surface area contributed by atoms with Crippen LogP contribution in [0.25, 0.3) is 0 Å². The van der Waals surface area contributed by atoms with Crippen LogP contribution >= 0.6 is 0 Å². The van der Waals surface area contributed by atoms with Crippen molar-refractivity contribution in [2.24, 2.45) is 0 Å². The molecule has 0 heterocycles. The summed E-state index contributed by atoms with van der Waals surface area (Å²) < 4.78 is 25.9. The molecule has 5 heteroatoms. The fraction of sp³-hybridized carbons (Fsp3) is 0.294. The highest BCUT2D eigenvalue weighted by atomic mass is 32.2. The molecule has 0 spiro atoms. The second kappa shape index (κ2) is 5.32. The summed E-state index contributed by atoms with van der Waals surface area (Å²) in [4.78, 5) is 0.0122. The van der Waals surface area contributed by atoms with Gasteiger partial charge in [0.25, 0.3) is 0 Å². The summed E-state index contributed by atoms with van der Waals surface area (Å²) >= 11 is 0. The number of hydrogen-bond acceptors (Lipinski definition) is 4. The Morgan fingerprint density at radius 2 is 1.18 bits per heavy atom. The van der Waals surface area contributed by atoms with E-state index in [0.717, 1.165) is 5.56 Å². The number of hydrogen-bond donors (Lipinski definition) is 2. The van der Waals surface area contributed by atoms with Crippen LogP contribution in [0.2, 0.25) is 0 Å². The normalized spacial score (nSPS) is 11.7. The first-order valence-electron chi connectivity index (χ1n) is 6.92. The molecule has 0 radical (unpaired) electrons. The quantitative estimate of drug-likeness (QED) is 0.888. The summed E-state index contributed by atoms with van der Waals surface area (Å²) in [7, 11) is -3.87. The van der Waals surface area contributed by atoms with Gasteiger partial charge in [-0.2, -0.15) is 0 Å². The molecule has 2 rings (SSSR count). The van der Waals surface area contributed by atoms with E-state index < -0.39 is 9.84 Å². The maximum absolute atomic E-state index is 13.0. The van der Waals surface area contributed by atoms with E-state index in [4.69, 9.17) is 0 Å². The monoisotopic (exact) mass is 320 g/mol. The van der Waals surface area contributed by atoms with Crippen molar-refractivity contribution in [1.29, 1.82) is 0 Å². The van der Waals surface area contributed by atoms with E-state index in [1.807, 2.05) is 6.92 Å². The number of sulfone groups is 1. The van der Waals surface area contributed by atoms with Gasteiger partial charge in [-0.05, 0) is 74.6 Å². The van der Waals surface area contributed by atoms with Gasteiger partial charge >= 0.3 is 0 Å². The molecule has 2 aromatic rings. The van der Waals surface area contributed by atoms with Crippen molar-refractivity contribution in [2.45, 2.75) is 44.4 Å². The Bertz CT molecular complexity index is 815. The molecule has 0 amide bonds. The molecule has 2 N–H and O–H groups in total. The van der Waals surface area contributed by atoms with Crippen molar-refractivity contribution in [3.05, 3.63) is 46.0 Å². The van der Waals surface area contributed by atoms with Gasteiger partial charge in [0, 0.05) is 0 Å². The van der Waals surface area contributed by atoms with Gasteiger partial charge in [-0.25, -0.2) is 8.42 Å². The Balaban J connectivity index is 2.83. The highest BCUT2D eigenvalue weighted by Gasteiger charge is 2.27. The zero-order chi connectivity index (χ0) is 16.8. The third-order valence-corrected chi connectivity index (χ3v) is 5.89. The summed E-state index contributed by atoms with van der Waals surface area (Å²) in [5.74, 6) is -0.133. The molecule has 0 aromatic heterocycles. The molecule has 0 saturated carbocycles. The first-order chi connectivity index (χ1) is 10.1. The Hall–Kier alpha value is -2.01. The first kappa shape index (κ1) is 16.4. The molecule has 0 atom stereocenters. The fourth-order valence-electron chi connectivity index (χ4n) is 2.56. The third kappa shape index (κ3) is 2.46. The molecule has 0 saturated heterocycles. The first-order valence-corrected chi connectivity index (χ1v) is 8.40. The Labute approximate surface area is 131 Å². The zero-order valence-corrected chi connectivity index (χ0v) is 14.2. The van der Waals surface area contributed by atoms with Gasteiger partial charge in [0.05, 0.1) is 4.90 Å². The van der Waals surface area contributed by atoms with Gasteiger partial charge in [-0.15, -0.1) is 0 Å². The van der Waals surface area contributed by atoms with Gasteiger partial charge in [0.1, 0.15) is 16.4 Å². The number of aromatic hydroxyl groups is 2. The van der Waals surface area contributed by atoms with Crippen molar-refractivity contribution in [1.82, 2.24) is 0 Å². The lowest BCUT2D eigenvalue weighted by Gasteiger charge is -2.15. The molecule has 0 aliphatic rings. The van der Waals surface area contributed by atoms with Gasteiger partial charge in [-0.1, -0.05) is 6.07 Å². The van der Waals surface area contributed by atoms with Crippen LogP contribution in [0, 0.1) is 34.6 Å². The van der Waals surface area contributed by atoms with Crippen LogP contribution in [0.15, 0.2) is 28.0 Å². The minimum absolute atomic E-state index is 0.0607. The van der Waals surface area contributed by atoms with E-state index in [1.165, 1.54) is 12.1 Å². The maximum atomic E-state index is 13.0. The zero-order valence-electron chi connectivity index (χ0n) is 13.4. The number of phenols is 2. The predicted molar refractivity (Wildman–Crippen MR) is 85.4 cm³/mol. The van der Waals surface area contributed by atoms with Crippen molar-refractivity contribution in [3.63, 3.8) is 0 Å². The van der Waals surface area contributed by atoms with Gasteiger partial charge in [0.15, 0.2) is 0 Å². The van der Waals surface area contributed by atoms with E-state index in [1.54, 1.807) is 33.8 Å². The topological polar surface area (TPSA) is 74.6 Å². The van der Waals surface area contributed by atoms with E-state index in [2.05, 4.69) is 0 Å². The SMILES string of the molecule is Cc1cc(C)c(O)c(S(=O)(=O)c2cc(C)c(O)c(C)c2)c1C. The third-order valence-electron chi connectivity index (χ3n) is 4.00. The molecule has 4 nitrogen and oxygen atoms in total. The number of rotatable bonds is 2. The largest absolute Gasteiger partial charge is 0.507 e. The van der Waals surface area contributed by atoms with Gasteiger partial charge < -0.3 is 10.2 Å².